The van der Waals surface area contributed by atoms with Gasteiger partial charge in [-0.25, -0.2) is 0 Å². The molecule has 0 saturated heterocycles. The first-order chi connectivity index (χ1) is 6.93. The van der Waals surface area contributed by atoms with Crippen LogP contribution in [0.15, 0.2) is 0 Å². The Hall–Kier alpha value is 0.0969. The van der Waals surface area contributed by atoms with Crippen LogP contribution in [-0.4, -0.2) is 28.7 Å². The number of nitrogens with one attached hydrogen (secondary N) is 1. The fraction of sp³-hybridized carbons (Fsp3) is 1.00. The Morgan fingerprint density at radius 1 is 1.33 bits per heavy atom. The van der Waals surface area contributed by atoms with Gasteiger partial charge in [0.25, 0.3) is 8.48 Å². The van der Waals surface area contributed by atoms with Gasteiger partial charge in [-0.1, -0.05) is 40.5 Å². The zero-order valence-electron chi connectivity index (χ0n) is 11.0. The average Bonchev–Trinajstić information content (AvgIpc) is 2.17. The summed E-state index contributed by atoms with van der Waals surface area (Å²) >= 11 is 0. The molecule has 1 unspecified atom stereocenters. The summed E-state index contributed by atoms with van der Waals surface area (Å²) in [5.74, 6) is 0. The summed E-state index contributed by atoms with van der Waals surface area (Å²) in [6.45, 7) is 10.6. The molecule has 0 radical (unpaired) electrons. The van der Waals surface area contributed by atoms with E-state index in [0.29, 0.717) is 6.54 Å². The van der Waals surface area contributed by atoms with Gasteiger partial charge in [0.05, 0.1) is 0 Å². The highest BCUT2D eigenvalue weighted by molar-refractivity contribution is 6.74. The molecule has 0 aromatic heterocycles. The molecule has 15 heavy (non-hydrogen) atoms. The van der Waals surface area contributed by atoms with Crippen LogP contribution in [0, 0.1) is 0 Å². The van der Waals surface area contributed by atoms with Gasteiger partial charge in [0.1, 0.15) is 0 Å². The molecule has 0 saturated carbocycles. The summed E-state index contributed by atoms with van der Waals surface area (Å²) in [4.78, 5) is 3.60. The molecule has 4 heteroatoms. The predicted octanol–water partition coefficient (Wildman–Crippen LogP) is 2.22. The van der Waals surface area contributed by atoms with Crippen molar-refractivity contribution in [2.45, 2.75) is 51.6 Å². The van der Waals surface area contributed by atoms with E-state index in [1.807, 2.05) is 7.11 Å². The van der Waals surface area contributed by atoms with Crippen molar-refractivity contribution in [3.05, 3.63) is 0 Å². The van der Waals surface area contributed by atoms with Gasteiger partial charge in [0.2, 0.25) is 0 Å². The van der Waals surface area contributed by atoms with E-state index in [4.69, 9.17) is 10.2 Å². The van der Waals surface area contributed by atoms with Crippen LogP contribution in [0.4, 0.5) is 0 Å². The fourth-order valence-corrected chi connectivity index (χ4v) is 5.73. The van der Waals surface area contributed by atoms with Crippen LogP contribution in [0.3, 0.4) is 0 Å². The number of hydrogen-bond donors (Lipinski definition) is 2. The lowest BCUT2D eigenvalue weighted by Crippen LogP contribution is -2.60. The average molecular weight is 232 g/mol. The first-order valence-corrected chi connectivity index (χ1v) is 8.05. The van der Waals surface area contributed by atoms with Crippen LogP contribution >= 0.6 is 0 Å². The first kappa shape index (κ1) is 15.1. The van der Waals surface area contributed by atoms with Gasteiger partial charge in [-0.15, -0.1) is 0 Å². The van der Waals surface area contributed by atoms with Crippen LogP contribution in [0.2, 0.25) is 11.1 Å². The van der Waals surface area contributed by atoms with Crippen molar-refractivity contribution in [2.75, 3.05) is 20.2 Å². The summed E-state index contributed by atoms with van der Waals surface area (Å²) in [5.41, 5.74) is 5.57. The normalized spacial score (nSPS) is 16.4. The van der Waals surface area contributed by atoms with Gasteiger partial charge >= 0.3 is 0 Å². The Labute approximate surface area is 96.0 Å². The summed E-state index contributed by atoms with van der Waals surface area (Å²) in [7, 11) is 0.000889. The zero-order valence-corrected chi connectivity index (χ0v) is 12.0. The Morgan fingerprint density at radius 3 is 2.27 bits per heavy atom. The lowest BCUT2D eigenvalue weighted by Gasteiger charge is -2.41. The van der Waals surface area contributed by atoms with Crippen LogP contribution < -0.4 is 10.7 Å². The summed E-state index contributed by atoms with van der Waals surface area (Å²) in [5, 5.41) is 0.214. The molecule has 0 aromatic rings. The molecule has 3 N–H and O–H groups in total. The second kappa shape index (κ2) is 6.63. The van der Waals surface area contributed by atoms with Crippen molar-refractivity contribution >= 4 is 8.48 Å². The summed E-state index contributed by atoms with van der Waals surface area (Å²) in [6.07, 6.45) is 2.45. The maximum Gasteiger partial charge on any atom is 0.273 e. The third kappa shape index (κ3) is 4.22. The molecule has 1 atom stereocenters. The lowest BCUT2D eigenvalue weighted by molar-refractivity contribution is 0.341. The van der Waals surface area contributed by atoms with E-state index in [0.717, 1.165) is 6.54 Å². The molecule has 0 bridgehead atoms. The lowest BCUT2D eigenvalue weighted by atomic mass is 10.2. The van der Waals surface area contributed by atoms with Gasteiger partial charge in [-0.3, -0.25) is 0 Å². The number of hydrogen-bond acceptors (Lipinski definition) is 3. The van der Waals surface area contributed by atoms with E-state index in [2.05, 4.69) is 32.7 Å². The summed E-state index contributed by atoms with van der Waals surface area (Å²) in [6, 6.07) is 1.17. The van der Waals surface area contributed by atoms with Gasteiger partial charge in [0, 0.05) is 20.2 Å². The minimum atomic E-state index is -1.84. The van der Waals surface area contributed by atoms with Crippen molar-refractivity contribution in [1.82, 2.24) is 4.98 Å². The second-order valence-corrected chi connectivity index (χ2v) is 9.52. The van der Waals surface area contributed by atoms with Crippen LogP contribution in [0.1, 0.15) is 40.5 Å². The second-order valence-electron chi connectivity index (χ2n) is 5.10. The Kier molecular flexibility index (Phi) is 6.67. The van der Waals surface area contributed by atoms with E-state index in [9.17, 15) is 0 Å². The molecule has 3 nitrogen and oxygen atoms in total. The quantitative estimate of drug-likeness (QED) is 0.662. The van der Waals surface area contributed by atoms with Gasteiger partial charge in [-0.05, 0) is 11.1 Å². The van der Waals surface area contributed by atoms with Crippen molar-refractivity contribution < 1.29 is 4.43 Å². The van der Waals surface area contributed by atoms with Crippen molar-refractivity contribution in [2.24, 2.45) is 5.73 Å². The molecule has 0 spiro atoms. The number of nitrogens with two attached hydrogens (primary N) is 1. The SMILES string of the molecule is CCCC[Si](NCCN)(OC)C(C)(C)C. The summed E-state index contributed by atoms with van der Waals surface area (Å²) < 4.78 is 5.88. The number of rotatable bonds is 7. The molecule has 0 aliphatic carbocycles. The Balaban J connectivity index is 4.60. The molecule has 92 valence electrons. The highest BCUT2D eigenvalue weighted by Crippen LogP contribution is 2.38. The molecule has 0 heterocycles. The van der Waals surface area contributed by atoms with Gasteiger partial charge in [0.15, 0.2) is 0 Å². The van der Waals surface area contributed by atoms with E-state index in [1.54, 1.807) is 0 Å². The zero-order chi connectivity index (χ0) is 11.9. The topological polar surface area (TPSA) is 47.3 Å². The number of unbranched alkanes of at least 4 members (excludes halogenated alkanes) is 1. The first-order valence-electron chi connectivity index (χ1n) is 5.93. The van der Waals surface area contributed by atoms with E-state index in [-0.39, 0.29) is 5.04 Å². The molecule has 0 aliphatic heterocycles. The van der Waals surface area contributed by atoms with Crippen LogP contribution in [0.25, 0.3) is 0 Å². The Morgan fingerprint density at radius 2 is 1.93 bits per heavy atom. The minimum Gasteiger partial charge on any atom is -0.406 e. The predicted molar refractivity (Wildman–Crippen MR) is 69.3 cm³/mol. The maximum atomic E-state index is 5.88. The van der Waals surface area contributed by atoms with Gasteiger partial charge in [-0.2, -0.15) is 0 Å². The third-order valence-corrected chi connectivity index (χ3v) is 8.00. The standard InChI is InChI=1S/C11H28N2OSi/c1-6-7-10-15(14-5,11(2,3)4)13-9-8-12/h13H,6-10,12H2,1-5H3. The molecule has 0 rings (SSSR count). The van der Waals surface area contributed by atoms with Crippen molar-refractivity contribution in [1.29, 1.82) is 0 Å². The molecule has 0 aromatic carbocycles. The minimum absolute atomic E-state index is 0.214. The molecular formula is C11H28N2OSi. The highest BCUT2D eigenvalue weighted by atomic mass is 28.4. The maximum absolute atomic E-state index is 5.88. The van der Waals surface area contributed by atoms with Crippen molar-refractivity contribution in [3.8, 4) is 0 Å². The largest absolute Gasteiger partial charge is 0.406 e. The van der Waals surface area contributed by atoms with Crippen LogP contribution in [-0.2, 0) is 4.43 Å². The van der Waals surface area contributed by atoms with E-state index in [1.165, 1.54) is 18.9 Å². The molecule has 0 fully saturated rings. The van der Waals surface area contributed by atoms with Gasteiger partial charge < -0.3 is 15.1 Å². The smallest absolute Gasteiger partial charge is 0.273 e. The van der Waals surface area contributed by atoms with Crippen molar-refractivity contribution in [3.63, 3.8) is 0 Å². The Bertz CT molecular complexity index is 160. The molecule has 0 amide bonds. The van der Waals surface area contributed by atoms with E-state index >= 15 is 0 Å². The van der Waals surface area contributed by atoms with Crippen LogP contribution in [0.5, 0.6) is 0 Å². The monoisotopic (exact) mass is 232 g/mol. The third-order valence-electron chi connectivity index (χ3n) is 3.00. The molecular weight excluding hydrogens is 204 g/mol. The highest BCUT2D eigenvalue weighted by Gasteiger charge is 2.45. The fourth-order valence-electron chi connectivity index (χ4n) is 1.91. The van der Waals surface area contributed by atoms with E-state index < -0.39 is 8.48 Å². The molecule has 0 aliphatic rings.